The molecule has 0 fully saturated rings. The van der Waals surface area contributed by atoms with Crippen LogP contribution in [-0.2, 0) is 11.3 Å². The Morgan fingerprint density at radius 3 is 2.85 bits per heavy atom. The van der Waals surface area contributed by atoms with Crippen LogP contribution in [-0.4, -0.2) is 27.6 Å². The first-order valence-electron chi connectivity index (χ1n) is 7.32. The van der Waals surface area contributed by atoms with Crippen molar-refractivity contribution >= 4 is 5.97 Å². The third kappa shape index (κ3) is 4.47. The molecule has 0 amide bonds. The summed E-state index contributed by atoms with van der Waals surface area (Å²) in [7, 11) is 0. The Labute approximate surface area is 121 Å². The van der Waals surface area contributed by atoms with Gasteiger partial charge in [0.2, 0.25) is 0 Å². The van der Waals surface area contributed by atoms with E-state index in [-0.39, 0.29) is 6.61 Å². The van der Waals surface area contributed by atoms with Crippen molar-refractivity contribution in [3.05, 3.63) is 24.0 Å². The summed E-state index contributed by atoms with van der Waals surface area (Å²) in [6.45, 7) is 10.8. The monoisotopic (exact) mass is 279 g/mol. The van der Waals surface area contributed by atoms with Crippen LogP contribution in [0.5, 0.6) is 0 Å². The van der Waals surface area contributed by atoms with Crippen molar-refractivity contribution < 1.29 is 9.53 Å². The molecule has 0 N–H and O–H groups in total. The lowest BCUT2D eigenvalue weighted by Gasteiger charge is -2.14. The minimum atomic E-state index is -0.435. The highest BCUT2D eigenvalue weighted by molar-refractivity contribution is 5.88. The molecule has 0 bridgehead atoms. The summed E-state index contributed by atoms with van der Waals surface area (Å²) in [5, 5.41) is 8.02. The van der Waals surface area contributed by atoms with Crippen molar-refractivity contribution in [3.8, 4) is 0 Å². The van der Waals surface area contributed by atoms with E-state index in [1.54, 1.807) is 0 Å². The van der Waals surface area contributed by atoms with Gasteiger partial charge in [-0.05, 0) is 19.3 Å². The number of esters is 1. The molecule has 5 heteroatoms. The molecule has 1 heterocycles. The fourth-order valence-corrected chi connectivity index (χ4v) is 2.09. The number of hydrogen-bond acceptors (Lipinski definition) is 4. The molecule has 1 aromatic heterocycles. The zero-order valence-corrected chi connectivity index (χ0v) is 12.8. The van der Waals surface area contributed by atoms with Gasteiger partial charge < -0.3 is 4.74 Å². The van der Waals surface area contributed by atoms with Crippen LogP contribution < -0.4 is 0 Å². The molecular formula is C15H25N3O2. The largest absolute Gasteiger partial charge is 0.457 e. The summed E-state index contributed by atoms with van der Waals surface area (Å²) < 4.78 is 6.81. The predicted octanol–water partition coefficient (Wildman–Crippen LogP) is 3.15. The summed E-state index contributed by atoms with van der Waals surface area (Å²) in [6, 6.07) is 0. The van der Waals surface area contributed by atoms with Crippen LogP contribution in [0.25, 0.3) is 0 Å². The van der Waals surface area contributed by atoms with Crippen molar-refractivity contribution in [3.63, 3.8) is 0 Å². The number of carbonyl (C=O) groups is 1. The molecule has 0 radical (unpaired) electrons. The van der Waals surface area contributed by atoms with E-state index in [0.717, 1.165) is 18.7 Å². The molecule has 5 nitrogen and oxygen atoms in total. The van der Waals surface area contributed by atoms with Gasteiger partial charge in [-0.1, -0.05) is 51.0 Å². The molecule has 112 valence electrons. The topological polar surface area (TPSA) is 57.0 Å². The van der Waals surface area contributed by atoms with Crippen molar-refractivity contribution in [1.29, 1.82) is 0 Å². The zero-order valence-electron chi connectivity index (χ0n) is 12.8. The lowest BCUT2D eigenvalue weighted by atomic mass is 9.99. The molecule has 20 heavy (non-hydrogen) atoms. The van der Waals surface area contributed by atoms with E-state index in [0.29, 0.717) is 11.6 Å². The number of ether oxygens (including phenoxy) is 1. The third-order valence-electron chi connectivity index (χ3n) is 3.48. The highest BCUT2D eigenvalue weighted by Crippen LogP contribution is 2.16. The van der Waals surface area contributed by atoms with E-state index in [4.69, 9.17) is 4.74 Å². The molecule has 0 spiro atoms. The minimum absolute atomic E-state index is 0.194. The normalized spacial score (nSPS) is 12.2. The van der Waals surface area contributed by atoms with Gasteiger partial charge in [-0.3, -0.25) is 0 Å². The Morgan fingerprint density at radius 1 is 1.50 bits per heavy atom. The predicted molar refractivity (Wildman–Crippen MR) is 78.5 cm³/mol. The first kappa shape index (κ1) is 16.4. The summed E-state index contributed by atoms with van der Waals surface area (Å²) in [4.78, 5) is 11.8. The lowest BCUT2D eigenvalue weighted by Crippen LogP contribution is -2.14. The number of aromatic nitrogens is 3. The van der Waals surface area contributed by atoms with Crippen molar-refractivity contribution in [2.45, 2.75) is 53.0 Å². The van der Waals surface area contributed by atoms with Crippen molar-refractivity contribution in [2.24, 2.45) is 5.92 Å². The molecule has 0 aliphatic heterocycles. The zero-order chi connectivity index (χ0) is 15.0. The smallest absolute Gasteiger partial charge is 0.361 e. The molecule has 0 saturated carbocycles. The van der Waals surface area contributed by atoms with E-state index < -0.39 is 5.97 Å². The van der Waals surface area contributed by atoms with Crippen LogP contribution in [0, 0.1) is 12.8 Å². The molecule has 0 aliphatic rings. The van der Waals surface area contributed by atoms with Crippen LogP contribution in [0.3, 0.4) is 0 Å². The van der Waals surface area contributed by atoms with E-state index in [2.05, 4.69) is 30.7 Å². The summed E-state index contributed by atoms with van der Waals surface area (Å²) >= 11 is 0. The Hall–Kier alpha value is -1.65. The second-order valence-electron chi connectivity index (χ2n) is 5.01. The molecule has 0 saturated heterocycles. The Morgan fingerprint density at radius 2 is 2.25 bits per heavy atom. The van der Waals surface area contributed by atoms with Crippen LogP contribution in [0.2, 0.25) is 0 Å². The first-order valence-corrected chi connectivity index (χ1v) is 7.32. The molecule has 1 unspecified atom stereocenters. The molecule has 1 aromatic rings. The highest BCUT2D eigenvalue weighted by atomic mass is 16.5. The lowest BCUT2D eigenvalue weighted by molar-refractivity contribution is 0.0542. The van der Waals surface area contributed by atoms with Gasteiger partial charge in [0, 0.05) is 6.54 Å². The average molecular weight is 279 g/mol. The van der Waals surface area contributed by atoms with Crippen LogP contribution >= 0.6 is 0 Å². The maximum absolute atomic E-state index is 11.8. The van der Waals surface area contributed by atoms with Gasteiger partial charge in [-0.25, -0.2) is 9.48 Å². The Balaban J connectivity index is 2.70. The first-order chi connectivity index (χ1) is 9.63. The molecule has 0 aromatic carbocycles. The molecule has 0 aliphatic carbocycles. The van der Waals surface area contributed by atoms with E-state index in [1.165, 1.54) is 25.3 Å². The second-order valence-corrected chi connectivity index (χ2v) is 5.01. The fourth-order valence-electron chi connectivity index (χ4n) is 2.09. The van der Waals surface area contributed by atoms with Gasteiger partial charge in [-0.15, -0.1) is 5.10 Å². The number of hydrogen-bond donors (Lipinski definition) is 0. The van der Waals surface area contributed by atoms with Crippen LogP contribution in [0.4, 0.5) is 0 Å². The minimum Gasteiger partial charge on any atom is -0.457 e. The van der Waals surface area contributed by atoms with Gasteiger partial charge in [0.25, 0.3) is 0 Å². The van der Waals surface area contributed by atoms with E-state index >= 15 is 0 Å². The van der Waals surface area contributed by atoms with Crippen LogP contribution in [0.15, 0.2) is 12.7 Å². The van der Waals surface area contributed by atoms with Gasteiger partial charge in [0.1, 0.15) is 6.61 Å². The molecule has 1 atom stereocenters. The van der Waals surface area contributed by atoms with Crippen molar-refractivity contribution in [1.82, 2.24) is 15.0 Å². The highest BCUT2D eigenvalue weighted by Gasteiger charge is 2.19. The van der Waals surface area contributed by atoms with Gasteiger partial charge in [0.05, 0.1) is 5.69 Å². The van der Waals surface area contributed by atoms with Gasteiger partial charge in [0.15, 0.2) is 5.69 Å². The number of rotatable bonds is 9. The van der Waals surface area contributed by atoms with Gasteiger partial charge >= 0.3 is 5.97 Å². The summed E-state index contributed by atoms with van der Waals surface area (Å²) in [6.07, 6.45) is 6.25. The Bertz CT molecular complexity index is 440. The maximum atomic E-state index is 11.8. The third-order valence-corrected chi connectivity index (χ3v) is 3.48. The Kier molecular flexibility index (Phi) is 6.98. The number of nitrogens with zero attached hydrogens (tertiary/aromatic N) is 3. The number of unbranched alkanes of at least 4 members (excludes halogenated alkanes) is 1. The van der Waals surface area contributed by atoms with E-state index in [9.17, 15) is 4.79 Å². The van der Waals surface area contributed by atoms with Crippen molar-refractivity contribution in [2.75, 3.05) is 6.61 Å². The maximum Gasteiger partial charge on any atom is 0.361 e. The number of carbonyl (C=O) groups excluding carboxylic acids is 1. The van der Waals surface area contributed by atoms with Crippen LogP contribution in [0.1, 0.15) is 55.7 Å². The van der Waals surface area contributed by atoms with Gasteiger partial charge in [-0.2, -0.15) is 0 Å². The quantitative estimate of drug-likeness (QED) is 0.514. The average Bonchev–Trinajstić information content (AvgIpc) is 2.82. The molecular weight excluding hydrogens is 254 g/mol. The SMILES string of the molecule is C=CCOC(=O)c1nnn(CC(CC)CCCC)c1C. The second kappa shape index (κ2) is 8.51. The molecule has 1 rings (SSSR count). The summed E-state index contributed by atoms with van der Waals surface area (Å²) in [5.41, 5.74) is 1.08. The standard InChI is InChI=1S/C15H25N3O2/c1-5-8-9-13(7-3)11-18-12(4)14(16-17-18)15(19)20-10-6-2/h6,13H,2,5,7-11H2,1,3-4H3. The summed E-state index contributed by atoms with van der Waals surface area (Å²) in [5.74, 6) is 0.141. The van der Waals surface area contributed by atoms with E-state index in [1.807, 2.05) is 11.6 Å². The fraction of sp³-hybridized carbons (Fsp3) is 0.667.